The van der Waals surface area contributed by atoms with E-state index in [1.807, 2.05) is 18.2 Å². The molecule has 0 spiro atoms. The number of hydrogen-bond donors (Lipinski definition) is 1. The standard InChI is InChI=1S/C16H19NO4/c18-14(16(15(19)20)8-4-10-21-16)17-9-7-13(11-17)12-5-2-1-3-6-12/h1-3,5-6,13H,4,7-11H2,(H,19,20). The van der Waals surface area contributed by atoms with Crippen LogP contribution in [0.1, 0.15) is 30.7 Å². The number of rotatable bonds is 3. The fraction of sp³-hybridized carbons (Fsp3) is 0.500. The van der Waals surface area contributed by atoms with Crippen molar-refractivity contribution in [3.8, 4) is 0 Å². The second-order valence-corrected chi connectivity index (χ2v) is 5.73. The summed E-state index contributed by atoms with van der Waals surface area (Å²) >= 11 is 0. The Kier molecular flexibility index (Phi) is 3.68. The molecule has 0 radical (unpaired) electrons. The maximum atomic E-state index is 12.6. The number of hydrogen-bond acceptors (Lipinski definition) is 3. The lowest BCUT2D eigenvalue weighted by Gasteiger charge is -2.28. The molecule has 0 aliphatic carbocycles. The van der Waals surface area contributed by atoms with E-state index in [2.05, 4.69) is 12.1 Å². The van der Waals surface area contributed by atoms with Crippen LogP contribution < -0.4 is 0 Å². The number of carboxylic acids is 1. The van der Waals surface area contributed by atoms with Gasteiger partial charge >= 0.3 is 5.97 Å². The Bertz CT molecular complexity index is 536. The summed E-state index contributed by atoms with van der Waals surface area (Å²) in [4.78, 5) is 25.8. The Morgan fingerprint density at radius 1 is 1.29 bits per heavy atom. The highest BCUT2D eigenvalue weighted by atomic mass is 16.5. The van der Waals surface area contributed by atoms with E-state index < -0.39 is 11.6 Å². The molecule has 1 amide bonds. The summed E-state index contributed by atoms with van der Waals surface area (Å²) in [6.07, 6.45) is 1.76. The minimum absolute atomic E-state index is 0.271. The molecule has 0 bridgehead atoms. The molecule has 2 aliphatic heterocycles. The van der Waals surface area contributed by atoms with Gasteiger partial charge in [0.25, 0.3) is 5.91 Å². The number of carbonyl (C=O) groups is 2. The van der Waals surface area contributed by atoms with Gasteiger partial charge in [-0.05, 0) is 24.8 Å². The smallest absolute Gasteiger partial charge is 0.345 e. The first-order chi connectivity index (χ1) is 10.1. The molecule has 2 fully saturated rings. The number of aliphatic carboxylic acids is 1. The van der Waals surface area contributed by atoms with Crippen LogP contribution >= 0.6 is 0 Å². The highest BCUT2D eigenvalue weighted by Crippen LogP contribution is 2.33. The third kappa shape index (κ3) is 2.42. The van der Waals surface area contributed by atoms with Gasteiger partial charge in [0, 0.05) is 25.6 Å². The average Bonchev–Trinajstić information content (AvgIpc) is 3.18. The van der Waals surface area contributed by atoms with E-state index in [0.717, 1.165) is 6.42 Å². The van der Waals surface area contributed by atoms with Crippen LogP contribution in [0.3, 0.4) is 0 Å². The lowest BCUT2D eigenvalue weighted by Crippen LogP contribution is -2.53. The fourth-order valence-electron chi connectivity index (χ4n) is 3.27. The van der Waals surface area contributed by atoms with Crippen molar-refractivity contribution in [3.05, 3.63) is 35.9 Å². The SMILES string of the molecule is O=C(O)C1(C(=O)N2CCC(c3ccccc3)C2)CCCO1. The maximum absolute atomic E-state index is 12.6. The van der Waals surface area contributed by atoms with E-state index in [1.54, 1.807) is 4.90 Å². The number of likely N-dealkylation sites (tertiary alicyclic amines) is 1. The molecule has 2 unspecified atom stereocenters. The van der Waals surface area contributed by atoms with Gasteiger partial charge in [-0.25, -0.2) is 4.79 Å². The Hall–Kier alpha value is -1.88. The van der Waals surface area contributed by atoms with Gasteiger partial charge in [0.2, 0.25) is 5.60 Å². The van der Waals surface area contributed by atoms with Crippen molar-refractivity contribution >= 4 is 11.9 Å². The first kappa shape index (κ1) is 14.1. The number of carboxylic acid groups (broad SMARTS) is 1. The van der Waals surface area contributed by atoms with E-state index in [9.17, 15) is 14.7 Å². The molecule has 1 N–H and O–H groups in total. The first-order valence-corrected chi connectivity index (χ1v) is 7.35. The van der Waals surface area contributed by atoms with Gasteiger partial charge < -0.3 is 14.7 Å². The average molecular weight is 289 g/mol. The molecule has 2 heterocycles. The quantitative estimate of drug-likeness (QED) is 0.859. The third-order valence-corrected chi connectivity index (χ3v) is 4.46. The summed E-state index contributed by atoms with van der Waals surface area (Å²) in [6, 6.07) is 10.0. The van der Waals surface area contributed by atoms with Crippen LogP contribution in [0.5, 0.6) is 0 Å². The number of amides is 1. The molecule has 2 atom stereocenters. The van der Waals surface area contributed by atoms with Gasteiger partial charge in [0.05, 0.1) is 0 Å². The van der Waals surface area contributed by atoms with Crippen LogP contribution in [0.4, 0.5) is 0 Å². The van der Waals surface area contributed by atoms with Crippen molar-refractivity contribution in [2.75, 3.05) is 19.7 Å². The fourth-order valence-corrected chi connectivity index (χ4v) is 3.27. The van der Waals surface area contributed by atoms with Crippen molar-refractivity contribution in [1.82, 2.24) is 4.90 Å². The van der Waals surface area contributed by atoms with Crippen molar-refractivity contribution < 1.29 is 19.4 Å². The van der Waals surface area contributed by atoms with Crippen LogP contribution in [0, 0.1) is 0 Å². The monoisotopic (exact) mass is 289 g/mol. The summed E-state index contributed by atoms with van der Waals surface area (Å²) in [6.45, 7) is 1.51. The predicted molar refractivity (Wildman–Crippen MR) is 75.9 cm³/mol. The molecule has 2 aliphatic rings. The first-order valence-electron chi connectivity index (χ1n) is 7.35. The zero-order chi connectivity index (χ0) is 14.9. The van der Waals surface area contributed by atoms with Crippen LogP contribution in [-0.2, 0) is 14.3 Å². The Balaban J connectivity index is 1.74. The largest absolute Gasteiger partial charge is 0.479 e. The van der Waals surface area contributed by atoms with Crippen LogP contribution in [0.25, 0.3) is 0 Å². The van der Waals surface area contributed by atoms with Gasteiger partial charge in [-0.1, -0.05) is 30.3 Å². The molecule has 0 aromatic heterocycles. The van der Waals surface area contributed by atoms with E-state index in [0.29, 0.717) is 26.1 Å². The minimum Gasteiger partial charge on any atom is -0.479 e. The topological polar surface area (TPSA) is 66.8 Å². The molecule has 112 valence electrons. The molecular formula is C16H19NO4. The molecule has 1 aromatic carbocycles. The summed E-state index contributed by atoms with van der Waals surface area (Å²) in [7, 11) is 0. The van der Waals surface area contributed by atoms with Crippen molar-refractivity contribution in [2.45, 2.75) is 30.8 Å². The zero-order valence-corrected chi connectivity index (χ0v) is 11.8. The summed E-state index contributed by atoms with van der Waals surface area (Å²) in [5.74, 6) is -1.26. The summed E-state index contributed by atoms with van der Waals surface area (Å²) in [5.41, 5.74) is -0.449. The van der Waals surface area contributed by atoms with Crippen LogP contribution in [0.15, 0.2) is 30.3 Å². The van der Waals surface area contributed by atoms with Crippen LogP contribution in [-0.4, -0.2) is 47.2 Å². The normalized spacial score (nSPS) is 28.8. The highest BCUT2D eigenvalue weighted by Gasteiger charge is 2.53. The molecule has 1 aromatic rings. The third-order valence-electron chi connectivity index (χ3n) is 4.46. The van der Waals surface area contributed by atoms with Gasteiger partial charge in [0.1, 0.15) is 0 Å². The molecule has 21 heavy (non-hydrogen) atoms. The van der Waals surface area contributed by atoms with E-state index in [4.69, 9.17) is 4.74 Å². The van der Waals surface area contributed by atoms with Gasteiger partial charge in [-0.3, -0.25) is 4.79 Å². The molecule has 2 saturated heterocycles. The number of benzene rings is 1. The number of nitrogens with zero attached hydrogens (tertiary/aromatic N) is 1. The lowest BCUT2D eigenvalue weighted by atomic mass is 9.97. The second-order valence-electron chi connectivity index (χ2n) is 5.73. The Morgan fingerprint density at radius 2 is 2.05 bits per heavy atom. The Morgan fingerprint density at radius 3 is 2.67 bits per heavy atom. The predicted octanol–water partition coefficient (Wildman–Crippen LogP) is 1.64. The molecule has 5 nitrogen and oxygen atoms in total. The summed E-state index contributed by atoms with van der Waals surface area (Å²) in [5, 5.41) is 9.40. The second kappa shape index (κ2) is 5.48. The maximum Gasteiger partial charge on any atom is 0.345 e. The molecule has 0 saturated carbocycles. The zero-order valence-electron chi connectivity index (χ0n) is 11.8. The van der Waals surface area contributed by atoms with Crippen molar-refractivity contribution in [1.29, 1.82) is 0 Å². The lowest BCUT2D eigenvalue weighted by molar-refractivity contribution is -0.172. The molecule has 3 rings (SSSR count). The summed E-state index contributed by atoms with van der Waals surface area (Å²) < 4.78 is 5.33. The molecule has 5 heteroatoms. The number of ether oxygens (including phenoxy) is 1. The highest BCUT2D eigenvalue weighted by molar-refractivity contribution is 6.05. The van der Waals surface area contributed by atoms with Gasteiger partial charge in [-0.15, -0.1) is 0 Å². The van der Waals surface area contributed by atoms with Crippen molar-refractivity contribution in [3.63, 3.8) is 0 Å². The van der Waals surface area contributed by atoms with Gasteiger partial charge in [-0.2, -0.15) is 0 Å². The van der Waals surface area contributed by atoms with Crippen LogP contribution in [0.2, 0.25) is 0 Å². The van der Waals surface area contributed by atoms with Gasteiger partial charge in [0.15, 0.2) is 0 Å². The van der Waals surface area contributed by atoms with Crippen molar-refractivity contribution in [2.24, 2.45) is 0 Å². The minimum atomic E-state index is -1.65. The van der Waals surface area contributed by atoms with E-state index >= 15 is 0 Å². The molecular weight excluding hydrogens is 270 g/mol. The number of carbonyl (C=O) groups excluding carboxylic acids is 1. The van der Waals surface area contributed by atoms with E-state index in [-0.39, 0.29) is 18.2 Å². The van der Waals surface area contributed by atoms with E-state index in [1.165, 1.54) is 5.56 Å². The Labute approximate surface area is 123 Å².